The molecule has 1 saturated carbocycles. The van der Waals surface area contributed by atoms with Crippen LogP contribution in [0.4, 0.5) is 4.79 Å². The van der Waals surface area contributed by atoms with Crippen molar-refractivity contribution in [1.82, 2.24) is 10.6 Å². The van der Waals surface area contributed by atoms with Crippen molar-refractivity contribution in [2.45, 2.75) is 50.5 Å². The molecular weight excluding hydrogens is 404 g/mol. The largest absolute Gasteiger partial charge is 0.464 e. The summed E-state index contributed by atoms with van der Waals surface area (Å²) in [5.41, 5.74) is 2.15. The Morgan fingerprint density at radius 2 is 1.81 bits per heavy atom. The number of benzene rings is 2. The van der Waals surface area contributed by atoms with E-state index in [1.54, 1.807) is 12.3 Å². The number of furan rings is 1. The first-order valence-corrected chi connectivity index (χ1v) is 11.4. The van der Waals surface area contributed by atoms with Crippen molar-refractivity contribution < 1.29 is 18.7 Å². The molecule has 0 radical (unpaired) electrons. The van der Waals surface area contributed by atoms with Crippen LogP contribution >= 0.6 is 0 Å². The molecule has 6 heteroatoms. The van der Waals surface area contributed by atoms with Crippen LogP contribution in [-0.4, -0.2) is 31.2 Å². The molecule has 4 rings (SSSR count). The fourth-order valence-electron chi connectivity index (χ4n) is 4.56. The molecule has 2 aromatic carbocycles. The minimum Gasteiger partial charge on any atom is -0.464 e. The van der Waals surface area contributed by atoms with Gasteiger partial charge in [0, 0.05) is 23.9 Å². The van der Waals surface area contributed by atoms with Gasteiger partial charge in [0.1, 0.15) is 11.7 Å². The molecule has 1 aromatic heterocycles. The van der Waals surface area contributed by atoms with E-state index in [1.807, 2.05) is 43.3 Å². The van der Waals surface area contributed by atoms with Crippen molar-refractivity contribution in [2.75, 3.05) is 13.1 Å². The Kier molecular flexibility index (Phi) is 6.78. The molecular formula is C26H30N2O4. The Balaban J connectivity index is 1.46. The van der Waals surface area contributed by atoms with Gasteiger partial charge in [-0.25, -0.2) is 4.79 Å². The second-order valence-electron chi connectivity index (χ2n) is 8.51. The van der Waals surface area contributed by atoms with Crippen LogP contribution in [0.1, 0.15) is 54.9 Å². The van der Waals surface area contributed by atoms with Crippen LogP contribution in [0.15, 0.2) is 65.3 Å². The number of hydrogen-bond donors (Lipinski definition) is 2. The van der Waals surface area contributed by atoms with Crippen molar-refractivity contribution in [3.05, 3.63) is 72.0 Å². The van der Waals surface area contributed by atoms with Gasteiger partial charge in [-0.15, -0.1) is 0 Å². The Hall–Kier alpha value is -3.28. The molecule has 0 spiro atoms. The van der Waals surface area contributed by atoms with E-state index in [9.17, 15) is 9.59 Å². The van der Waals surface area contributed by atoms with Gasteiger partial charge in [0.25, 0.3) is 5.91 Å². The number of amides is 2. The number of carbonyl (C=O) groups is 2. The standard InChI is InChI=1S/C26H30N2O4/c1-2-16-27-25(30)32-21-11-14-26(15-12-21,20-8-4-3-5-9-20)18-28-24(29)22-10-6-7-19-13-17-31-23(19)22/h3-10,13,17,21H,2,11-12,14-16,18H2,1H3,(H,27,30)(H,28,29). The van der Waals surface area contributed by atoms with E-state index < -0.39 is 0 Å². The summed E-state index contributed by atoms with van der Waals surface area (Å²) in [7, 11) is 0. The van der Waals surface area contributed by atoms with E-state index >= 15 is 0 Å². The fourth-order valence-corrected chi connectivity index (χ4v) is 4.56. The number of rotatable bonds is 7. The Morgan fingerprint density at radius 1 is 1.03 bits per heavy atom. The first-order valence-electron chi connectivity index (χ1n) is 11.4. The molecule has 0 bridgehead atoms. The minimum atomic E-state index is -0.344. The van der Waals surface area contributed by atoms with Gasteiger partial charge < -0.3 is 19.8 Å². The number of fused-ring (bicyclic) bond motifs is 1. The normalized spacial score (nSPS) is 20.6. The summed E-state index contributed by atoms with van der Waals surface area (Å²) in [5, 5.41) is 6.84. The van der Waals surface area contributed by atoms with E-state index in [1.165, 1.54) is 5.56 Å². The summed E-state index contributed by atoms with van der Waals surface area (Å²) in [4.78, 5) is 25.0. The second kappa shape index (κ2) is 9.90. The highest BCUT2D eigenvalue weighted by atomic mass is 16.6. The maximum atomic E-state index is 13.0. The Morgan fingerprint density at radius 3 is 2.56 bits per heavy atom. The molecule has 32 heavy (non-hydrogen) atoms. The maximum absolute atomic E-state index is 13.0. The highest BCUT2D eigenvalue weighted by Crippen LogP contribution is 2.40. The van der Waals surface area contributed by atoms with Crippen LogP contribution in [-0.2, 0) is 10.2 Å². The summed E-state index contributed by atoms with van der Waals surface area (Å²) < 4.78 is 11.1. The molecule has 0 atom stereocenters. The highest BCUT2D eigenvalue weighted by Gasteiger charge is 2.38. The van der Waals surface area contributed by atoms with Crippen LogP contribution in [0.2, 0.25) is 0 Å². The summed E-state index contributed by atoms with van der Waals surface area (Å²) in [6.07, 6.45) is 5.21. The lowest BCUT2D eigenvalue weighted by Gasteiger charge is -2.40. The first kappa shape index (κ1) is 21.9. The van der Waals surface area contributed by atoms with Crippen molar-refractivity contribution in [2.24, 2.45) is 0 Å². The molecule has 2 amide bonds. The topological polar surface area (TPSA) is 80.6 Å². The number of alkyl carbamates (subject to hydrolysis) is 1. The average Bonchev–Trinajstić information content (AvgIpc) is 3.32. The van der Waals surface area contributed by atoms with Crippen LogP contribution in [0, 0.1) is 0 Å². The lowest BCUT2D eigenvalue weighted by atomic mass is 9.68. The Labute approximate surface area is 188 Å². The van der Waals surface area contributed by atoms with Crippen LogP contribution in [0.5, 0.6) is 0 Å². The van der Waals surface area contributed by atoms with Gasteiger partial charge in [0.15, 0.2) is 0 Å². The second-order valence-corrected chi connectivity index (χ2v) is 8.51. The molecule has 0 aliphatic heterocycles. The van der Waals surface area contributed by atoms with E-state index in [-0.39, 0.29) is 23.5 Å². The zero-order valence-corrected chi connectivity index (χ0v) is 18.4. The summed E-state index contributed by atoms with van der Waals surface area (Å²) >= 11 is 0. The molecule has 0 unspecified atom stereocenters. The van der Waals surface area contributed by atoms with Gasteiger partial charge in [0.2, 0.25) is 0 Å². The Bertz CT molecular complexity index is 1050. The monoisotopic (exact) mass is 434 g/mol. The summed E-state index contributed by atoms with van der Waals surface area (Å²) in [6, 6.07) is 17.7. The smallest absolute Gasteiger partial charge is 0.407 e. The predicted molar refractivity (Wildman–Crippen MR) is 124 cm³/mol. The maximum Gasteiger partial charge on any atom is 0.407 e. The lowest BCUT2D eigenvalue weighted by Crippen LogP contribution is -2.45. The van der Waals surface area contributed by atoms with Gasteiger partial charge >= 0.3 is 6.09 Å². The molecule has 1 aliphatic carbocycles. The number of ether oxygens (including phenoxy) is 1. The quantitative estimate of drug-likeness (QED) is 0.537. The highest BCUT2D eigenvalue weighted by molar-refractivity contribution is 6.04. The summed E-state index contributed by atoms with van der Waals surface area (Å²) in [6.45, 7) is 3.14. The third-order valence-electron chi connectivity index (χ3n) is 6.38. The van der Waals surface area contributed by atoms with Crippen molar-refractivity contribution >= 4 is 23.0 Å². The first-order chi connectivity index (χ1) is 15.6. The average molecular weight is 435 g/mol. The molecule has 6 nitrogen and oxygen atoms in total. The van der Waals surface area contributed by atoms with Gasteiger partial charge in [-0.3, -0.25) is 4.79 Å². The molecule has 0 saturated heterocycles. The van der Waals surface area contributed by atoms with Crippen molar-refractivity contribution in [3.63, 3.8) is 0 Å². The van der Waals surface area contributed by atoms with Gasteiger partial charge in [-0.2, -0.15) is 0 Å². The van der Waals surface area contributed by atoms with Crippen LogP contribution in [0.25, 0.3) is 11.0 Å². The molecule has 1 heterocycles. The van der Waals surface area contributed by atoms with Gasteiger partial charge in [-0.1, -0.05) is 49.4 Å². The van der Waals surface area contributed by atoms with Crippen LogP contribution < -0.4 is 10.6 Å². The van der Waals surface area contributed by atoms with Gasteiger partial charge in [0.05, 0.1) is 11.8 Å². The minimum absolute atomic E-state index is 0.101. The number of carbonyl (C=O) groups excluding carboxylic acids is 2. The number of nitrogens with one attached hydrogen (secondary N) is 2. The lowest BCUT2D eigenvalue weighted by molar-refractivity contribution is 0.0565. The van der Waals surface area contributed by atoms with E-state index in [0.29, 0.717) is 24.2 Å². The van der Waals surface area contributed by atoms with Crippen LogP contribution in [0.3, 0.4) is 0 Å². The molecule has 168 valence electrons. The van der Waals surface area contributed by atoms with Gasteiger partial charge in [-0.05, 0) is 49.8 Å². The zero-order chi connectivity index (χ0) is 22.4. The fraction of sp³-hybridized carbons (Fsp3) is 0.385. The third-order valence-corrected chi connectivity index (χ3v) is 6.38. The third kappa shape index (κ3) is 4.79. The summed E-state index contributed by atoms with van der Waals surface area (Å²) in [5.74, 6) is -0.141. The molecule has 2 N–H and O–H groups in total. The van der Waals surface area contributed by atoms with Crippen molar-refractivity contribution in [3.8, 4) is 0 Å². The van der Waals surface area contributed by atoms with E-state index in [4.69, 9.17) is 9.15 Å². The van der Waals surface area contributed by atoms with E-state index in [0.717, 1.165) is 37.5 Å². The van der Waals surface area contributed by atoms with E-state index in [2.05, 4.69) is 22.8 Å². The molecule has 1 aliphatic rings. The molecule has 3 aromatic rings. The zero-order valence-electron chi connectivity index (χ0n) is 18.4. The number of hydrogen-bond acceptors (Lipinski definition) is 4. The SMILES string of the molecule is CCCNC(=O)OC1CCC(CNC(=O)c2cccc3ccoc23)(c2ccccc2)CC1. The van der Waals surface area contributed by atoms with Crippen molar-refractivity contribution in [1.29, 1.82) is 0 Å². The predicted octanol–water partition coefficient (Wildman–Crippen LogP) is 5.18. The molecule has 1 fully saturated rings. The number of para-hydroxylation sites is 1.